The number of rotatable bonds is 6. The highest BCUT2D eigenvalue weighted by Crippen LogP contribution is 2.46. The van der Waals surface area contributed by atoms with Gasteiger partial charge in [0.05, 0.1) is 12.7 Å². The van der Waals surface area contributed by atoms with E-state index < -0.39 is 46.2 Å². The second-order valence-electron chi connectivity index (χ2n) is 9.92. The van der Waals surface area contributed by atoms with Crippen molar-refractivity contribution in [2.45, 2.75) is 59.6 Å². The average Bonchev–Trinajstić information content (AvgIpc) is 2.95. The van der Waals surface area contributed by atoms with E-state index in [9.17, 15) is 9.90 Å². The van der Waals surface area contributed by atoms with Gasteiger partial charge in [-0.2, -0.15) is 0 Å². The largest absolute Gasteiger partial charge is 0.506 e. The standard InChI is InChI=1S/C22H33FNO5Si2/c1-22(2,3)19(29-30(5)6)18-14(16(23)21(28-18)31(7,8)9)12-10-11-13(24)15(17(12)25)20(26)27-4/h10-11,19,25H,24H2,1-9H3. The summed E-state index contributed by atoms with van der Waals surface area (Å²) in [6.45, 7) is 15.9. The van der Waals surface area contributed by atoms with Crippen LogP contribution in [0.15, 0.2) is 16.5 Å². The minimum absolute atomic E-state index is 0.0419. The predicted molar refractivity (Wildman–Crippen MR) is 125 cm³/mol. The number of benzene rings is 1. The number of hydrogen-bond donors (Lipinski definition) is 2. The van der Waals surface area contributed by atoms with Crippen LogP contribution >= 0.6 is 0 Å². The van der Waals surface area contributed by atoms with Crippen molar-refractivity contribution >= 4 is 34.2 Å². The van der Waals surface area contributed by atoms with Gasteiger partial charge in [-0.15, -0.1) is 0 Å². The van der Waals surface area contributed by atoms with E-state index >= 15 is 4.39 Å². The smallest absolute Gasteiger partial charge is 0.343 e. The molecule has 0 aliphatic carbocycles. The molecule has 1 radical (unpaired) electrons. The average molecular weight is 467 g/mol. The normalized spacial score (nSPS) is 13.5. The van der Waals surface area contributed by atoms with Gasteiger partial charge >= 0.3 is 5.97 Å². The van der Waals surface area contributed by atoms with Crippen LogP contribution < -0.4 is 11.1 Å². The van der Waals surface area contributed by atoms with Gasteiger partial charge in [0, 0.05) is 11.3 Å². The summed E-state index contributed by atoms with van der Waals surface area (Å²) in [7, 11) is -2.20. The molecule has 0 spiro atoms. The number of aromatic hydroxyl groups is 1. The SMILES string of the molecule is COC(=O)c1c(N)ccc(-c2c(C(O[Si](C)C)C(C)(C)C)oc([Si](C)(C)C)c2F)c1O. The molecule has 0 saturated heterocycles. The molecule has 1 aromatic heterocycles. The van der Waals surface area contributed by atoms with E-state index in [1.54, 1.807) is 0 Å². The van der Waals surface area contributed by atoms with E-state index in [0.717, 1.165) is 0 Å². The predicted octanol–water partition coefficient (Wildman–Crippen LogP) is 5.06. The second-order valence-corrected chi connectivity index (χ2v) is 16.9. The highest BCUT2D eigenvalue weighted by atomic mass is 28.3. The van der Waals surface area contributed by atoms with Gasteiger partial charge in [0.25, 0.3) is 0 Å². The Kier molecular flexibility index (Phi) is 7.14. The summed E-state index contributed by atoms with van der Waals surface area (Å²) in [5.41, 5.74) is 5.55. The summed E-state index contributed by atoms with van der Waals surface area (Å²) < 4.78 is 33.1. The summed E-state index contributed by atoms with van der Waals surface area (Å²) in [5, 5.41) is 11.2. The van der Waals surface area contributed by atoms with Crippen LogP contribution in [0.3, 0.4) is 0 Å². The van der Waals surface area contributed by atoms with E-state index in [2.05, 4.69) is 0 Å². The number of carbonyl (C=O) groups excluding carboxylic acids is 1. The van der Waals surface area contributed by atoms with Crippen molar-refractivity contribution in [1.82, 2.24) is 0 Å². The number of furan rings is 1. The first-order valence-electron chi connectivity index (χ1n) is 10.1. The third-order valence-electron chi connectivity index (χ3n) is 4.81. The Morgan fingerprint density at radius 2 is 1.84 bits per heavy atom. The van der Waals surface area contributed by atoms with Crippen LogP contribution in [0.4, 0.5) is 10.1 Å². The quantitative estimate of drug-likeness (QED) is 0.351. The van der Waals surface area contributed by atoms with Gasteiger partial charge in [-0.05, 0) is 30.6 Å². The van der Waals surface area contributed by atoms with E-state index in [4.69, 9.17) is 19.3 Å². The molecule has 1 unspecified atom stereocenters. The molecular weight excluding hydrogens is 433 g/mol. The van der Waals surface area contributed by atoms with Crippen molar-refractivity contribution in [1.29, 1.82) is 0 Å². The summed E-state index contributed by atoms with van der Waals surface area (Å²) in [5.74, 6) is -1.47. The van der Waals surface area contributed by atoms with Gasteiger partial charge in [-0.1, -0.05) is 40.4 Å². The summed E-state index contributed by atoms with van der Waals surface area (Å²) >= 11 is 0. The van der Waals surface area contributed by atoms with Crippen molar-refractivity contribution in [2.75, 3.05) is 12.8 Å². The first kappa shape index (κ1) is 25.2. The molecule has 171 valence electrons. The highest BCUT2D eigenvalue weighted by molar-refractivity contribution is 6.87. The van der Waals surface area contributed by atoms with Crippen LogP contribution in [0, 0.1) is 11.2 Å². The minimum Gasteiger partial charge on any atom is -0.506 e. The molecule has 0 aliphatic heterocycles. The Labute approximate surface area is 186 Å². The number of nitrogen functional groups attached to an aromatic ring is 1. The van der Waals surface area contributed by atoms with E-state index in [0.29, 0.717) is 5.76 Å². The van der Waals surface area contributed by atoms with Crippen LogP contribution in [0.1, 0.15) is 43.0 Å². The topological polar surface area (TPSA) is 94.9 Å². The lowest BCUT2D eigenvalue weighted by Crippen LogP contribution is -2.38. The maximum Gasteiger partial charge on any atom is 0.343 e. The van der Waals surface area contributed by atoms with Crippen LogP contribution in [0.5, 0.6) is 5.75 Å². The summed E-state index contributed by atoms with van der Waals surface area (Å²) in [4.78, 5) is 12.2. The number of carbonyl (C=O) groups is 1. The lowest BCUT2D eigenvalue weighted by Gasteiger charge is -2.31. The molecule has 9 heteroatoms. The number of phenols is 1. The van der Waals surface area contributed by atoms with Crippen LogP contribution in [-0.2, 0) is 9.16 Å². The van der Waals surface area contributed by atoms with Gasteiger partial charge in [-0.3, -0.25) is 0 Å². The number of phenolic OH excluding ortho intramolecular Hbond substituents is 1. The third kappa shape index (κ3) is 5.04. The lowest BCUT2D eigenvalue weighted by molar-refractivity contribution is 0.0598. The first-order chi connectivity index (χ1) is 14.1. The third-order valence-corrected chi connectivity index (χ3v) is 7.20. The molecule has 1 atom stereocenters. The molecule has 0 aliphatic rings. The Morgan fingerprint density at radius 3 is 2.29 bits per heavy atom. The first-order valence-corrected chi connectivity index (χ1v) is 16.0. The molecule has 1 aromatic carbocycles. The number of anilines is 1. The van der Waals surface area contributed by atoms with Crippen molar-refractivity contribution in [3.63, 3.8) is 0 Å². The highest BCUT2D eigenvalue weighted by Gasteiger charge is 2.40. The van der Waals surface area contributed by atoms with Crippen LogP contribution in [-0.4, -0.2) is 35.3 Å². The zero-order valence-electron chi connectivity index (χ0n) is 19.8. The molecule has 0 bridgehead atoms. The molecule has 1 heterocycles. The fourth-order valence-corrected chi connectivity index (χ4v) is 5.46. The lowest BCUT2D eigenvalue weighted by atomic mass is 9.85. The van der Waals surface area contributed by atoms with Gasteiger partial charge in [0.1, 0.15) is 36.6 Å². The van der Waals surface area contributed by atoms with Gasteiger partial charge in [0.15, 0.2) is 5.82 Å². The Hall–Kier alpha value is -2.11. The summed E-state index contributed by atoms with van der Waals surface area (Å²) in [6.07, 6.45) is -0.551. The maximum absolute atomic E-state index is 15.9. The van der Waals surface area contributed by atoms with Crippen molar-refractivity contribution in [3.05, 3.63) is 29.3 Å². The zero-order valence-corrected chi connectivity index (χ0v) is 21.8. The Bertz CT molecular complexity index is 974. The fourth-order valence-electron chi connectivity index (χ4n) is 3.33. The van der Waals surface area contributed by atoms with Crippen molar-refractivity contribution < 1.29 is 27.9 Å². The monoisotopic (exact) mass is 466 g/mol. The molecular formula is C22H33FNO5Si2. The molecule has 2 rings (SSSR count). The molecule has 0 fully saturated rings. The molecule has 2 aromatic rings. The number of methoxy groups -OCH3 is 1. The number of halogens is 1. The van der Waals surface area contributed by atoms with Gasteiger partial charge < -0.3 is 24.4 Å². The van der Waals surface area contributed by atoms with E-state index in [-0.39, 0.29) is 27.8 Å². The molecule has 6 nitrogen and oxygen atoms in total. The Morgan fingerprint density at radius 1 is 1.26 bits per heavy atom. The summed E-state index contributed by atoms with van der Waals surface area (Å²) in [6, 6.07) is 2.94. The molecule has 0 amide bonds. The zero-order chi connectivity index (χ0) is 23.9. The van der Waals surface area contributed by atoms with Crippen molar-refractivity contribution in [2.24, 2.45) is 5.41 Å². The molecule has 31 heavy (non-hydrogen) atoms. The van der Waals surface area contributed by atoms with E-state index in [1.165, 1.54) is 19.2 Å². The Balaban J connectivity index is 2.94. The number of esters is 1. The maximum atomic E-state index is 15.9. The van der Waals surface area contributed by atoms with Gasteiger partial charge in [0.2, 0.25) is 9.04 Å². The minimum atomic E-state index is -2.22. The van der Waals surface area contributed by atoms with Gasteiger partial charge in [-0.25, -0.2) is 9.18 Å². The molecule has 3 N–H and O–H groups in total. The van der Waals surface area contributed by atoms with Crippen molar-refractivity contribution in [3.8, 4) is 16.9 Å². The van der Waals surface area contributed by atoms with Crippen LogP contribution in [0.2, 0.25) is 32.7 Å². The number of ether oxygens (including phenoxy) is 1. The second kappa shape index (κ2) is 8.80. The van der Waals surface area contributed by atoms with Crippen LogP contribution in [0.25, 0.3) is 11.1 Å². The number of hydrogen-bond acceptors (Lipinski definition) is 6. The molecule has 0 saturated carbocycles. The fraction of sp³-hybridized carbons (Fsp3) is 0.500. The van der Waals surface area contributed by atoms with E-state index in [1.807, 2.05) is 53.5 Å². The number of nitrogens with two attached hydrogens (primary N) is 1.